The van der Waals surface area contributed by atoms with E-state index in [4.69, 9.17) is 23.7 Å². The van der Waals surface area contributed by atoms with Gasteiger partial charge in [0, 0.05) is 5.56 Å². The fourth-order valence-electron chi connectivity index (χ4n) is 5.58. The lowest BCUT2D eigenvalue weighted by atomic mass is 9.94. The van der Waals surface area contributed by atoms with E-state index in [0.29, 0.717) is 33.0 Å². The summed E-state index contributed by atoms with van der Waals surface area (Å²) in [4.78, 5) is 0. The maximum Gasteiger partial charge on any atom is 0.147 e. The molecule has 0 bridgehead atoms. The van der Waals surface area contributed by atoms with Gasteiger partial charge in [0.25, 0.3) is 0 Å². The van der Waals surface area contributed by atoms with Gasteiger partial charge in [0.05, 0.1) is 33.0 Å². The molecule has 0 aliphatic carbocycles. The van der Waals surface area contributed by atoms with Crippen molar-refractivity contribution in [2.24, 2.45) is 0 Å². The second-order valence-corrected chi connectivity index (χ2v) is 11.5. The third kappa shape index (κ3) is 9.73. The van der Waals surface area contributed by atoms with Gasteiger partial charge in [-0.05, 0) is 34.4 Å². The highest BCUT2D eigenvalue weighted by atomic mass is 16.6. The first-order valence-corrected chi connectivity index (χ1v) is 16.1. The van der Waals surface area contributed by atoms with Crippen LogP contribution >= 0.6 is 0 Å². The number of rotatable bonds is 13. The Morgan fingerprint density at radius 2 is 0.851 bits per heavy atom. The molecule has 1 aliphatic heterocycles. The van der Waals surface area contributed by atoms with E-state index in [1.807, 2.05) is 103 Å². The quantitative estimate of drug-likeness (QED) is 0.125. The molecule has 6 rings (SSSR count). The lowest BCUT2D eigenvalue weighted by Crippen LogP contribution is -2.60. The number of benzene rings is 5. The molecule has 0 aromatic heterocycles. The summed E-state index contributed by atoms with van der Waals surface area (Å²) in [6, 6.07) is 50.5. The molecular weight excluding hydrogens is 584 g/mol. The molecule has 0 spiro atoms. The van der Waals surface area contributed by atoms with Gasteiger partial charge < -0.3 is 23.7 Å². The van der Waals surface area contributed by atoms with Crippen LogP contribution in [0.1, 0.15) is 27.8 Å². The Balaban J connectivity index is 1.32. The van der Waals surface area contributed by atoms with E-state index < -0.39 is 30.5 Å². The van der Waals surface area contributed by atoms with Crippen LogP contribution in [0.3, 0.4) is 0 Å². The standard InChI is InChI=1S/C42H40O5/c1-6-16-33(17-7-1)26-27-38-40(44-29-35-20-10-3-11-21-35)42(46-31-37-24-14-5-15-25-37)41(45-30-36-22-12-4-13-23-36)39(47-38)32-43-28-34-18-8-2-9-19-34/h1-25,38-42H,28-32H2/t38-,39-,40+,41+,42-/m1/s1. The largest absolute Gasteiger partial charge is 0.374 e. The molecule has 5 nitrogen and oxygen atoms in total. The molecule has 1 fully saturated rings. The topological polar surface area (TPSA) is 46.2 Å². The van der Waals surface area contributed by atoms with E-state index >= 15 is 0 Å². The van der Waals surface area contributed by atoms with Crippen molar-refractivity contribution in [2.75, 3.05) is 6.61 Å². The average Bonchev–Trinajstić information content (AvgIpc) is 3.14. The molecule has 5 atom stereocenters. The van der Waals surface area contributed by atoms with Crippen LogP contribution in [-0.4, -0.2) is 37.1 Å². The molecule has 0 saturated carbocycles. The van der Waals surface area contributed by atoms with Gasteiger partial charge in [0.1, 0.15) is 30.5 Å². The van der Waals surface area contributed by atoms with E-state index in [2.05, 4.69) is 60.4 Å². The molecule has 0 radical (unpaired) electrons. The minimum absolute atomic E-state index is 0.300. The first-order valence-electron chi connectivity index (χ1n) is 16.1. The van der Waals surface area contributed by atoms with Crippen molar-refractivity contribution in [1.82, 2.24) is 0 Å². The first-order chi connectivity index (χ1) is 23.3. The fraction of sp³-hybridized carbons (Fsp3) is 0.238. The minimum Gasteiger partial charge on any atom is -0.374 e. The summed E-state index contributed by atoms with van der Waals surface area (Å²) in [6.07, 6.45) is -2.60. The molecule has 5 aromatic carbocycles. The molecule has 47 heavy (non-hydrogen) atoms. The van der Waals surface area contributed by atoms with Gasteiger partial charge in [-0.3, -0.25) is 0 Å². The molecule has 0 amide bonds. The summed E-state index contributed by atoms with van der Waals surface area (Å²) in [5.74, 6) is 6.72. The van der Waals surface area contributed by atoms with Crippen LogP contribution in [0, 0.1) is 11.8 Å². The highest BCUT2D eigenvalue weighted by Gasteiger charge is 2.48. The molecule has 5 heteroatoms. The SMILES string of the molecule is C(#C[C@H]1O[C@H](COCc2ccccc2)[C@H](OCc2ccccc2)[C@H](OCc2ccccc2)[C@H]1OCc1ccccc1)c1ccccc1. The predicted octanol–water partition coefficient (Wildman–Crippen LogP) is 7.78. The molecule has 238 valence electrons. The lowest BCUT2D eigenvalue weighted by molar-refractivity contribution is -0.261. The molecule has 0 unspecified atom stereocenters. The predicted molar refractivity (Wildman–Crippen MR) is 183 cm³/mol. The van der Waals surface area contributed by atoms with Crippen LogP contribution in [0.5, 0.6) is 0 Å². The van der Waals surface area contributed by atoms with Crippen molar-refractivity contribution in [3.8, 4) is 11.8 Å². The highest BCUT2D eigenvalue weighted by molar-refractivity contribution is 5.35. The van der Waals surface area contributed by atoms with Crippen LogP contribution in [0.4, 0.5) is 0 Å². The van der Waals surface area contributed by atoms with Crippen LogP contribution in [0.25, 0.3) is 0 Å². The van der Waals surface area contributed by atoms with Crippen LogP contribution in [0.2, 0.25) is 0 Å². The summed E-state index contributed by atoms with van der Waals surface area (Å²) < 4.78 is 33.3. The monoisotopic (exact) mass is 624 g/mol. The maximum absolute atomic E-state index is 6.80. The Labute approximate surface area is 278 Å². The third-order valence-corrected chi connectivity index (χ3v) is 8.02. The summed E-state index contributed by atoms with van der Waals surface area (Å²) in [5.41, 5.74) is 5.17. The van der Waals surface area contributed by atoms with E-state index in [1.54, 1.807) is 0 Å². The van der Waals surface area contributed by atoms with Gasteiger partial charge in [0.2, 0.25) is 0 Å². The zero-order valence-electron chi connectivity index (χ0n) is 26.4. The molecule has 5 aromatic rings. The van der Waals surface area contributed by atoms with Crippen LogP contribution in [-0.2, 0) is 50.1 Å². The van der Waals surface area contributed by atoms with Crippen molar-refractivity contribution >= 4 is 0 Å². The van der Waals surface area contributed by atoms with Gasteiger partial charge in [-0.15, -0.1) is 0 Å². The van der Waals surface area contributed by atoms with Gasteiger partial charge in [0.15, 0.2) is 0 Å². The molecule has 1 saturated heterocycles. The van der Waals surface area contributed by atoms with E-state index in [0.717, 1.165) is 27.8 Å². The smallest absolute Gasteiger partial charge is 0.147 e. The first kappa shape index (κ1) is 32.4. The molecular formula is C42H40O5. The Morgan fingerprint density at radius 1 is 0.447 bits per heavy atom. The van der Waals surface area contributed by atoms with Crippen LogP contribution in [0.15, 0.2) is 152 Å². The number of hydrogen-bond acceptors (Lipinski definition) is 5. The van der Waals surface area contributed by atoms with Crippen LogP contribution < -0.4 is 0 Å². The van der Waals surface area contributed by atoms with Gasteiger partial charge in [-0.2, -0.15) is 0 Å². The summed E-state index contributed by atoms with van der Waals surface area (Å²) >= 11 is 0. The Bertz CT molecular complexity index is 1650. The van der Waals surface area contributed by atoms with Crippen molar-refractivity contribution in [3.05, 3.63) is 179 Å². The Kier molecular flexibility index (Phi) is 12.0. The van der Waals surface area contributed by atoms with Gasteiger partial charge >= 0.3 is 0 Å². The Hall–Kier alpha value is -4.54. The van der Waals surface area contributed by atoms with Crippen molar-refractivity contribution in [1.29, 1.82) is 0 Å². The van der Waals surface area contributed by atoms with E-state index in [9.17, 15) is 0 Å². The van der Waals surface area contributed by atoms with Gasteiger partial charge in [-0.25, -0.2) is 0 Å². The lowest BCUT2D eigenvalue weighted by Gasteiger charge is -2.45. The zero-order valence-corrected chi connectivity index (χ0v) is 26.4. The normalized spacial score (nSPS) is 20.6. The van der Waals surface area contributed by atoms with Gasteiger partial charge in [-0.1, -0.05) is 151 Å². The molecule has 1 heterocycles. The maximum atomic E-state index is 6.80. The second-order valence-electron chi connectivity index (χ2n) is 11.5. The third-order valence-electron chi connectivity index (χ3n) is 8.02. The fourth-order valence-corrected chi connectivity index (χ4v) is 5.58. The van der Waals surface area contributed by atoms with E-state index in [1.165, 1.54) is 0 Å². The Morgan fingerprint density at radius 3 is 1.34 bits per heavy atom. The second kappa shape index (κ2) is 17.4. The molecule has 0 N–H and O–H groups in total. The van der Waals surface area contributed by atoms with E-state index in [-0.39, 0.29) is 0 Å². The van der Waals surface area contributed by atoms with Crippen molar-refractivity contribution < 1.29 is 23.7 Å². The summed E-state index contributed by atoms with van der Waals surface area (Å²) in [7, 11) is 0. The van der Waals surface area contributed by atoms with Crippen molar-refractivity contribution in [2.45, 2.75) is 56.9 Å². The zero-order chi connectivity index (χ0) is 31.9. The average molecular weight is 625 g/mol. The minimum atomic E-state index is -0.596. The number of hydrogen-bond donors (Lipinski definition) is 0. The highest BCUT2D eigenvalue weighted by Crippen LogP contribution is 2.31. The van der Waals surface area contributed by atoms with Crippen molar-refractivity contribution in [3.63, 3.8) is 0 Å². The summed E-state index contributed by atoms with van der Waals surface area (Å²) in [5, 5.41) is 0. The molecule has 1 aliphatic rings. The summed E-state index contributed by atoms with van der Waals surface area (Å²) in [6.45, 7) is 1.91. The number of ether oxygens (including phenoxy) is 5.